The van der Waals surface area contributed by atoms with Crippen LogP contribution in [0.5, 0.6) is 0 Å². The Labute approximate surface area is 117 Å². The summed E-state index contributed by atoms with van der Waals surface area (Å²) >= 11 is 1.22. The van der Waals surface area contributed by atoms with E-state index < -0.39 is 10.8 Å². The van der Waals surface area contributed by atoms with Gasteiger partial charge in [0.1, 0.15) is 6.42 Å². The SMILES string of the molecule is N#CCC(=O)Nc1nc(-c2ccc([N+](=O)[O-])cc2)cs1. The van der Waals surface area contributed by atoms with E-state index >= 15 is 0 Å². The average molecular weight is 288 g/mol. The van der Waals surface area contributed by atoms with Crippen LogP contribution in [0.3, 0.4) is 0 Å². The van der Waals surface area contributed by atoms with Crippen molar-refractivity contribution in [3.8, 4) is 17.3 Å². The zero-order valence-corrected chi connectivity index (χ0v) is 10.9. The monoisotopic (exact) mass is 288 g/mol. The number of non-ortho nitro benzene ring substituents is 1. The zero-order chi connectivity index (χ0) is 14.5. The number of amides is 1. The number of nitrogens with zero attached hydrogens (tertiary/aromatic N) is 3. The number of carbonyl (C=O) groups is 1. The molecule has 0 saturated carbocycles. The molecule has 1 aromatic carbocycles. The minimum absolute atomic E-state index is 0.00604. The van der Waals surface area contributed by atoms with Crippen molar-refractivity contribution >= 4 is 28.1 Å². The predicted molar refractivity (Wildman–Crippen MR) is 73.1 cm³/mol. The molecule has 0 aliphatic heterocycles. The van der Waals surface area contributed by atoms with Crippen LogP contribution in [0, 0.1) is 21.4 Å². The van der Waals surface area contributed by atoms with Crippen molar-refractivity contribution in [1.82, 2.24) is 4.98 Å². The highest BCUT2D eigenvalue weighted by Gasteiger charge is 2.09. The van der Waals surface area contributed by atoms with Crippen LogP contribution in [-0.4, -0.2) is 15.8 Å². The highest BCUT2D eigenvalue weighted by molar-refractivity contribution is 7.14. The maximum atomic E-state index is 11.2. The second-order valence-corrected chi connectivity index (χ2v) is 4.58. The van der Waals surface area contributed by atoms with Crippen molar-refractivity contribution in [3.63, 3.8) is 0 Å². The maximum absolute atomic E-state index is 11.2. The third-order valence-electron chi connectivity index (χ3n) is 2.36. The van der Waals surface area contributed by atoms with Gasteiger partial charge in [-0.05, 0) is 12.1 Å². The van der Waals surface area contributed by atoms with E-state index in [4.69, 9.17) is 5.26 Å². The van der Waals surface area contributed by atoms with E-state index in [2.05, 4.69) is 10.3 Å². The van der Waals surface area contributed by atoms with Gasteiger partial charge >= 0.3 is 0 Å². The van der Waals surface area contributed by atoms with Crippen LogP contribution >= 0.6 is 11.3 Å². The standard InChI is InChI=1S/C12H8N4O3S/c13-6-5-11(17)15-12-14-10(7-20-12)8-1-3-9(4-2-8)16(18)19/h1-4,7H,5H2,(H,14,15,17). The molecule has 0 spiro atoms. The summed E-state index contributed by atoms with van der Waals surface area (Å²) in [5, 5.41) is 23.6. The Balaban J connectivity index is 2.14. The van der Waals surface area contributed by atoms with Gasteiger partial charge < -0.3 is 5.32 Å². The molecule has 0 radical (unpaired) electrons. The van der Waals surface area contributed by atoms with Crippen LogP contribution in [-0.2, 0) is 4.79 Å². The number of rotatable bonds is 4. The number of nitro benzene ring substituents is 1. The van der Waals surface area contributed by atoms with Crippen molar-refractivity contribution < 1.29 is 9.72 Å². The summed E-state index contributed by atoms with van der Waals surface area (Å²) in [5.41, 5.74) is 1.33. The van der Waals surface area contributed by atoms with Crippen LogP contribution in [0.15, 0.2) is 29.6 Å². The number of thiazole rings is 1. The van der Waals surface area contributed by atoms with Crippen molar-refractivity contribution in [1.29, 1.82) is 5.26 Å². The Hall–Kier alpha value is -2.79. The van der Waals surface area contributed by atoms with E-state index in [1.54, 1.807) is 23.6 Å². The van der Waals surface area contributed by atoms with E-state index in [0.29, 0.717) is 16.4 Å². The quantitative estimate of drug-likeness (QED) is 0.686. The first kappa shape index (κ1) is 13.6. The first-order valence-corrected chi connectivity index (χ1v) is 6.35. The summed E-state index contributed by atoms with van der Waals surface area (Å²) in [6.45, 7) is 0. The number of carbonyl (C=O) groups excluding carboxylic acids is 1. The van der Waals surface area contributed by atoms with Gasteiger partial charge in [-0.15, -0.1) is 11.3 Å². The Morgan fingerprint density at radius 1 is 1.45 bits per heavy atom. The van der Waals surface area contributed by atoms with Crippen molar-refractivity contribution in [3.05, 3.63) is 39.8 Å². The Bertz CT molecular complexity index is 687. The first-order valence-electron chi connectivity index (χ1n) is 5.47. The second-order valence-electron chi connectivity index (χ2n) is 3.72. The summed E-state index contributed by atoms with van der Waals surface area (Å²) in [7, 11) is 0. The molecule has 1 N–H and O–H groups in total. The van der Waals surface area contributed by atoms with Gasteiger partial charge in [0.25, 0.3) is 5.69 Å². The van der Waals surface area contributed by atoms with Crippen molar-refractivity contribution in [2.24, 2.45) is 0 Å². The molecular weight excluding hydrogens is 280 g/mol. The Kier molecular flexibility index (Phi) is 4.02. The second kappa shape index (κ2) is 5.90. The number of nitriles is 1. The summed E-state index contributed by atoms with van der Waals surface area (Å²) in [5.74, 6) is -0.419. The molecule has 0 bridgehead atoms. The molecule has 1 aromatic heterocycles. The van der Waals surface area contributed by atoms with E-state index in [1.807, 2.05) is 0 Å². The van der Waals surface area contributed by atoms with Gasteiger partial charge in [-0.2, -0.15) is 5.26 Å². The molecule has 0 saturated heterocycles. The van der Waals surface area contributed by atoms with E-state index in [0.717, 1.165) is 0 Å². The zero-order valence-electron chi connectivity index (χ0n) is 10.1. The molecule has 0 aliphatic rings. The van der Waals surface area contributed by atoms with Crippen LogP contribution in [0.25, 0.3) is 11.3 Å². The normalized spacial score (nSPS) is 9.75. The fourth-order valence-corrected chi connectivity index (χ4v) is 2.19. The van der Waals surface area contributed by atoms with E-state index in [1.165, 1.54) is 23.5 Å². The van der Waals surface area contributed by atoms with Gasteiger partial charge in [-0.1, -0.05) is 0 Å². The largest absolute Gasteiger partial charge is 0.301 e. The summed E-state index contributed by atoms with van der Waals surface area (Å²) in [6.07, 6.45) is -0.230. The molecular formula is C12H8N4O3S. The fraction of sp³-hybridized carbons (Fsp3) is 0.0833. The predicted octanol–water partition coefficient (Wildman–Crippen LogP) is 2.57. The number of nitro groups is 1. The van der Waals surface area contributed by atoms with Crippen LogP contribution in [0.1, 0.15) is 6.42 Å². The first-order chi connectivity index (χ1) is 9.60. The lowest BCUT2D eigenvalue weighted by Gasteiger charge is -1.97. The number of anilines is 1. The molecule has 0 aliphatic carbocycles. The smallest absolute Gasteiger partial charge is 0.269 e. The van der Waals surface area contributed by atoms with Gasteiger partial charge in [0.2, 0.25) is 5.91 Å². The molecule has 100 valence electrons. The Morgan fingerprint density at radius 3 is 2.75 bits per heavy atom. The van der Waals surface area contributed by atoms with Crippen LogP contribution in [0.4, 0.5) is 10.8 Å². The lowest BCUT2D eigenvalue weighted by molar-refractivity contribution is -0.384. The molecule has 0 unspecified atom stereocenters. The molecule has 2 rings (SSSR count). The summed E-state index contributed by atoms with van der Waals surface area (Å²) in [4.78, 5) is 25.5. The minimum atomic E-state index is -0.474. The summed E-state index contributed by atoms with van der Waals surface area (Å²) in [6, 6.07) is 7.71. The van der Waals surface area contributed by atoms with Gasteiger partial charge in [-0.3, -0.25) is 14.9 Å². The molecule has 1 heterocycles. The number of benzene rings is 1. The molecule has 1 amide bonds. The van der Waals surface area contributed by atoms with E-state index in [9.17, 15) is 14.9 Å². The third-order valence-corrected chi connectivity index (χ3v) is 3.12. The number of hydrogen-bond donors (Lipinski definition) is 1. The van der Waals surface area contributed by atoms with Crippen LogP contribution < -0.4 is 5.32 Å². The summed E-state index contributed by atoms with van der Waals surface area (Å²) < 4.78 is 0. The van der Waals surface area contributed by atoms with Gasteiger partial charge in [0.05, 0.1) is 16.7 Å². The molecule has 2 aromatic rings. The molecule has 8 heteroatoms. The van der Waals surface area contributed by atoms with Crippen LogP contribution in [0.2, 0.25) is 0 Å². The number of aromatic nitrogens is 1. The fourth-order valence-electron chi connectivity index (χ4n) is 1.45. The number of hydrogen-bond acceptors (Lipinski definition) is 6. The average Bonchev–Trinajstić information content (AvgIpc) is 2.87. The van der Waals surface area contributed by atoms with E-state index in [-0.39, 0.29) is 12.1 Å². The maximum Gasteiger partial charge on any atom is 0.269 e. The molecule has 0 fully saturated rings. The van der Waals surface area contributed by atoms with Gasteiger partial charge in [0, 0.05) is 23.1 Å². The third kappa shape index (κ3) is 3.15. The van der Waals surface area contributed by atoms with Gasteiger partial charge in [0.15, 0.2) is 5.13 Å². The van der Waals surface area contributed by atoms with Crippen molar-refractivity contribution in [2.75, 3.05) is 5.32 Å². The minimum Gasteiger partial charge on any atom is -0.301 e. The lowest BCUT2D eigenvalue weighted by atomic mass is 10.1. The highest BCUT2D eigenvalue weighted by Crippen LogP contribution is 2.26. The van der Waals surface area contributed by atoms with Crippen molar-refractivity contribution in [2.45, 2.75) is 6.42 Å². The topological polar surface area (TPSA) is 109 Å². The number of nitrogens with one attached hydrogen (secondary N) is 1. The Morgan fingerprint density at radius 2 is 2.15 bits per heavy atom. The molecule has 7 nitrogen and oxygen atoms in total. The lowest BCUT2D eigenvalue weighted by Crippen LogP contribution is -2.09. The highest BCUT2D eigenvalue weighted by atomic mass is 32.1. The molecule has 0 atom stereocenters. The molecule has 20 heavy (non-hydrogen) atoms. The van der Waals surface area contributed by atoms with Gasteiger partial charge in [-0.25, -0.2) is 4.98 Å².